The van der Waals surface area contributed by atoms with Crippen LogP contribution in [0.1, 0.15) is 26.5 Å². The third kappa shape index (κ3) is 5.82. The van der Waals surface area contributed by atoms with Gasteiger partial charge in [-0.1, -0.05) is 0 Å². The van der Waals surface area contributed by atoms with Crippen molar-refractivity contribution in [2.45, 2.75) is 26.4 Å². The van der Waals surface area contributed by atoms with Crippen molar-refractivity contribution in [1.29, 1.82) is 0 Å². The minimum Gasteiger partial charge on any atom is -0.474 e. The van der Waals surface area contributed by atoms with Crippen LogP contribution in [-0.2, 0) is 19.1 Å². The van der Waals surface area contributed by atoms with Crippen LogP contribution in [0.5, 0.6) is 5.75 Å². The number of carbonyl (C=O) groups excluding carboxylic acids is 2. The van der Waals surface area contributed by atoms with Crippen molar-refractivity contribution in [2.75, 3.05) is 13.7 Å². The van der Waals surface area contributed by atoms with E-state index in [1.807, 2.05) is 0 Å². The molecule has 1 aromatic heterocycles. The summed E-state index contributed by atoms with van der Waals surface area (Å²) in [7, 11) is 1.22. The lowest BCUT2D eigenvalue weighted by atomic mass is 10.2. The number of ether oxygens (including phenoxy) is 3. The van der Waals surface area contributed by atoms with Gasteiger partial charge in [0.2, 0.25) is 11.2 Å². The van der Waals surface area contributed by atoms with Gasteiger partial charge in [-0.2, -0.15) is 0 Å². The minimum absolute atomic E-state index is 0.00135. The second-order valence-corrected chi connectivity index (χ2v) is 5.21. The molecule has 0 saturated carbocycles. The van der Waals surface area contributed by atoms with Gasteiger partial charge in [-0.25, -0.2) is 9.59 Å². The third-order valence-corrected chi connectivity index (χ3v) is 2.19. The van der Waals surface area contributed by atoms with E-state index in [9.17, 15) is 14.4 Å². The summed E-state index contributed by atoms with van der Waals surface area (Å²) in [6, 6.07) is 1.14. The first-order chi connectivity index (χ1) is 10.2. The number of rotatable bonds is 5. The lowest BCUT2D eigenvalue weighted by molar-refractivity contribution is -0.157. The van der Waals surface area contributed by atoms with Crippen LogP contribution in [-0.4, -0.2) is 31.3 Å². The van der Waals surface area contributed by atoms with Gasteiger partial charge in [0, 0.05) is 12.1 Å². The predicted octanol–water partition coefficient (Wildman–Crippen LogP) is 1.55. The van der Waals surface area contributed by atoms with Gasteiger partial charge in [-0.3, -0.25) is 4.79 Å². The van der Waals surface area contributed by atoms with Gasteiger partial charge in [0.05, 0.1) is 13.4 Å². The zero-order chi connectivity index (χ0) is 16.8. The summed E-state index contributed by atoms with van der Waals surface area (Å²) in [4.78, 5) is 34.4. The highest BCUT2D eigenvalue weighted by molar-refractivity contribution is 5.86. The Labute approximate surface area is 127 Å². The van der Waals surface area contributed by atoms with Crippen LogP contribution in [0, 0.1) is 0 Å². The van der Waals surface area contributed by atoms with E-state index < -0.39 is 29.6 Å². The van der Waals surface area contributed by atoms with Crippen LogP contribution in [0.2, 0.25) is 0 Å². The minimum atomic E-state index is -0.657. The summed E-state index contributed by atoms with van der Waals surface area (Å²) in [5.41, 5.74) is -1.14. The van der Waals surface area contributed by atoms with Crippen LogP contribution in [0.4, 0.5) is 0 Å². The Morgan fingerprint density at radius 2 is 2.00 bits per heavy atom. The Kier molecular flexibility index (Phi) is 5.91. The van der Waals surface area contributed by atoms with E-state index in [0.717, 1.165) is 18.4 Å². The third-order valence-electron chi connectivity index (χ3n) is 2.19. The molecule has 0 aliphatic heterocycles. The lowest BCUT2D eigenvalue weighted by Crippen LogP contribution is -2.28. The van der Waals surface area contributed by atoms with Crippen molar-refractivity contribution in [3.8, 4) is 5.75 Å². The van der Waals surface area contributed by atoms with Crippen LogP contribution in [0.15, 0.2) is 27.6 Å². The molecule has 120 valence electrons. The Balaban J connectivity index is 2.86. The lowest BCUT2D eigenvalue weighted by Gasteiger charge is -2.19. The van der Waals surface area contributed by atoms with Crippen molar-refractivity contribution >= 4 is 18.0 Å². The standard InChI is InChI=1S/C15H18O7/c1-15(2,3)22-13(18)9-21-14-10(16)7-8-20-11(14)5-6-12(17)19-4/h5-8H,9H2,1-4H3/b6-5+. The molecular formula is C15H18O7. The highest BCUT2D eigenvalue weighted by Gasteiger charge is 2.18. The SMILES string of the molecule is COC(=O)/C=C/c1occc(=O)c1OCC(=O)OC(C)(C)C. The number of hydrogen-bond donors (Lipinski definition) is 0. The summed E-state index contributed by atoms with van der Waals surface area (Å²) in [5.74, 6) is -1.43. The molecular weight excluding hydrogens is 292 g/mol. The Morgan fingerprint density at radius 1 is 1.32 bits per heavy atom. The molecule has 0 amide bonds. The molecule has 22 heavy (non-hydrogen) atoms. The molecule has 7 heteroatoms. The zero-order valence-electron chi connectivity index (χ0n) is 12.9. The fraction of sp³-hybridized carbons (Fsp3) is 0.400. The van der Waals surface area contributed by atoms with Crippen LogP contribution < -0.4 is 10.2 Å². The molecule has 0 bridgehead atoms. The van der Waals surface area contributed by atoms with E-state index >= 15 is 0 Å². The monoisotopic (exact) mass is 310 g/mol. The summed E-state index contributed by atoms with van der Waals surface area (Å²) in [6.07, 6.45) is 3.44. The van der Waals surface area contributed by atoms with E-state index in [2.05, 4.69) is 4.74 Å². The van der Waals surface area contributed by atoms with Crippen molar-refractivity contribution < 1.29 is 28.2 Å². The van der Waals surface area contributed by atoms with E-state index in [4.69, 9.17) is 13.9 Å². The molecule has 1 aromatic rings. The summed E-state index contributed by atoms with van der Waals surface area (Å²) in [6.45, 7) is 4.69. The molecule has 0 fully saturated rings. The van der Waals surface area contributed by atoms with Gasteiger partial charge in [-0.05, 0) is 26.8 Å². The maximum absolute atomic E-state index is 11.8. The average molecular weight is 310 g/mol. The largest absolute Gasteiger partial charge is 0.474 e. The molecule has 0 unspecified atom stereocenters. The number of hydrogen-bond acceptors (Lipinski definition) is 7. The van der Waals surface area contributed by atoms with Gasteiger partial charge in [0.25, 0.3) is 0 Å². The number of esters is 2. The second kappa shape index (κ2) is 7.44. The smallest absolute Gasteiger partial charge is 0.344 e. The van der Waals surface area contributed by atoms with Gasteiger partial charge in [0.15, 0.2) is 12.4 Å². The fourth-order valence-electron chi connectivity index (χ4n) is 1.39. The van der Waals surface area contributed by atoms with E-state index in [-0.39, 0.29) is 11.5 Å². The molecule has 7 nitrogen and oxygen atoms in total. The molecule has 0 spiro atoms. The van der Waals surface area contributed by atoms with E-state index in [1.54, 1.807) is 20.8 Å². The maximum atomic E-state index is 11.8. The van der Waals surface area contributed by atoms with Crippen molar-refractivity contribution in [2.24, 2.45) is 0 Å². The summed E-state index contributed by atoms with van der Waals surface area (Å²) < 4.78 is 19.8. The first kappa shape index (κ1) is 17.5. The number of methoxy groups -OCH3 is 1. The Morgan fingerprint density at radius 3 is 2.59 bits per heavy atom. The summed E-state index contributed by atoms with van der Waals surface area (Å²) >= 11 is 0. The van der Waals surface area contributed by atoms with Crippen LogP contribution in [0.3, 0.4) is 0 Å². The normalized spacial score (nSPS) is 11.3. The molecule has 0 aliphatic carbocycles. The number of carbonyl (C=O) groups is 2. The highest BCUT2D eigenvalue weighted by atomic mass is 16.6. The highest BCUT2D eigenvalue weighted by Crippen LogP contribution is 2.15. The topological polar surface area (TPSA) is 92.0 Å². The van der Waals surface area contributed by atoms with Gasteiger partial charge >= 0.3 is 11.9 Å². The van der Waals surface area contributed by atoms with Crippen LogP contribution in [0.25, 0.3) is 6.08 Å². The second-order valence-electron chi connectivity index (χ2n) is 5.21. The van der Waals surface area contributed by atoms with Crippen LogP contribution >= 0.6 is 0 Å². The molecule has 1 heterocycles. The fourth-order valence-corrected chi connectivity index (χ4v) is 1.39. The first-order valence-corrected chi connectivity index (χ1v) is 6.45. The van der Waals surface area contributed by atoms with Gasteiger partial charge in [-0.15, -0.1) is 0 Å². The molecule has 0 aromatic carbocycles. The van der Waals surface area contributed by atoms with Gasteiger partial charge < -0.3 is 18.6 Å². The van der Waals surface area contributed by atoms with E-state index in [1.165, 1.54) is 13.2 Å². The molecule has 0 atom stereocenters. The molecule has 0 N–H and O–H groups in total. The first-order valence-electron chi connectivity index (χ1n) is 6.45. The zero-order valence-corrected chi connectivity index (χ0v) is 12.9. The molecule has 0 aliphatic rings. The van der Waals surface area contributed by atoms with Gasteiger partial charge in [0.1, 0.15) is 5.60 Å². The average Bonchev–Trinajstić information content (AvgIpc) is 2.41. The van der Waals surface area contributed by atoms with Crippen molar-refractivity contribution in [3.63, 3.8) is 0 Å². The predicted molar refractivity (Wildman–Crippen MR) is 77.4 cm³/mol. The van der Waals surface area contributed by atoms with Crippen molar-refractivity contribution in [1.82, 2.24) is 0 Å². The maximum Gasteiger partial charge on any atom is 0.344 e. The quantitative estimate of drug-likeness (QED) is 0.601. The van der Waals surface area contributed by atoms with Crippen molar-refractivity contribution in [3.05, 3.63) is 34.4 Å². The molecule has 0 radical (unpaired) electrons. The Bertz CT molecular complexity index is 620. The molecule has 1 rings (SSSR count). The Hall–Kier alpha value is -2.57. The van der Waals surface area contributed by atoms with E-state index in [0.29, 0.717) is 0 Å². The molecule has 0 saturated heterocycles. The summed E-state index contributed by atoms with van der Waals surface area (Å²) in [5, 5.41) is 0.